The predicted molar refractivity (Wildman–Crippen MR) is 57.8 cm³/mol. The van der Waals surface area contributed by atoms with E-state index in [0.717, 1.165) is 13.1 Å². The Labute approximate surface area is 89.9 Å². The van der Waals surface area contributed by atoms with Crippen LogP contribution >= 0.6 is 0 Å². The van der Waals surface area contributed by atoms with Gasteiger partial charge in [-0.25, -0.2) is 0 Å². The first kappa shape index (κ1) is 10.4. The highest BCUT2D eigenvalue weighted by Gasteiger charge is 2.18. The smallest absolute Gasteiger partial charge is 0.318 e. The summed E-state index contributed by atoms with van der Waals surface area (Å²) in [5.41, 5.74) is 0. The molecule has 0 saturated carbocycles. The van der Waals surface area contributed by atoms with Crippen molar-refractivity contribution in [2.24, 2.45) is 0 Å². The molecule has 1 fully saturated rings. The number of hydrogen-bond donors (Lipinski definition) is 1. The van der Waals surface area contributed by atoms with Crippen LogP contribution in [-0.4, -0.2) is 30.3 Å². The molecule has 0 aromatic carbocycles. The summed E-state index contributed by atoms with van der Waals surface area (Å²) in [6, 6.07) is 0.794. The molecule has 0 amide bonds. The molecule has 5 nitrogen and oxygen atoms in total. The lowest BCUT2D eigenvalue weighted by atomic mass is 10.1. The minimum atomic E-state index is 0.121. The molecule has 2 heterocycles. The predicted octanol–water partition coefficient (Wildman–Crippen LogP) is 1.34. The van der Waals surface area contributed by atoms with E-state index >= 15 is 0 Å². The van der Waals surface area contributed by atoms with E-state index < -0.39 is 0 Å². The number of nitrogens with one attached hydrogen (secondary N) is 1. The van der Waals surface area contributed by atoms with Crippen LogP contribution in [0.2, 0.25) is 0 Å². The van der Waals surface area contributed by atoms with Gasteiger partial charge in [-0.1, -0.05) is 5.10 Å². The molecule has 1 aromatic heterocycles. The van der Waals surface area contributed by atoms with Crippen LogP contribution in [0.3, 0.4) is 0 Å². The van der Waals surface area contributed by atoms with Crippen molar-refractivity contribution in [2.75, 3.05) is 25.0 Å². The maximum Gasteiger partial charge on any atom is 0.318 e. The van der Waals surface area contributed by atoms with Crippen LogP contribution in [0.5, 0.6) is 0 Å². The fourth-order valence-corrected chi connectivity index (χ4v) is 1.74. The lowest BCUT2D eigenvalue weighted by Crippen LogP contribution is -2.29. The van der Waals surface area contributed by atoms with Crippen molar-refractivity contribution < 1.29 is 4.42 Å². The third kappa shape index (κ3) is 2.28. The van der Waals surface area contributed by atoms with E-state index in [2.05, 4.69) is 20.4 Å². The van der Waals surface area contributed by atoms with E-state index in [-0.39, 0.29) is 6.04 Å². The van der Waals surface area contributed by atoms with Crippen molar-refractivity contribution in [3.63, 3.8) is 0 Å². The van der Waals surface area contributed by atoms with Crippen molar-refractivity contribution in [2.45, 2.75) is 32.2 Å². The van der Waals surface area contributed by atoms with Crippen LogP contribution in [0.4, 0.5) is 6.01 Å². The van der Waals surface area contributed by atoms with Crippen LogP contribution in [-0.2, 0) is 0 Å². The van der Waals surface area contributed by atoms with Gasteiger partial charge in [0.15, 0.2) is 0 Å². The third-order valence-electron chi connectivity index (χ3n) is 2.86. The van der Waals surface area contributed by atoms with Gasteiger partial charge in [-0.15, -0.1) is 5.10 Å². The second kappa shape index (κ2) is 4.61. The summed E-state index contributed by atoms with van der Waals surface area (Å²) in [4.78, 5) is 2.17. The number of hydrogen-bond acceptors (Lipinski definition) is 5. The molecular formula is C10H18N4O. The minimum absolute atomic E-state index is 0.121. The number of nitrogens with zero attached hydrogens (tertiary/aromatic N) is 3. The number of aromatic nitrogens is 2. The van der Waals surface area contributed by atoms with Gasteiger partial charge >= 0.3 is 6.01 Å². The Hall–Kier alpha value is -1.10. The first-order chi connectivity index (χ1) is 7.31. The fourth-order valence-electron chi connectivity index (χ4n) is 1.74. The molecule has 1 atom stereocenters. The van der Waals surface area contributed by atoms with E-state index in [1.54, 1.807) is 0 Å². The largest absolute Gasteiger partial charge is 0.406 e. The number of anilines is 1. The van der Waals surface area contributed by atoms with E-state index in [4.69, 9.17) is 4.42 Å². The van der Waals surface area contributed by atoms with Crippen LogP contribution < -0.4 is 10.2 Å². The van der Waals surface area contributed by atoms with Gasteiger partial charge in [0.2, 0.25) is 5.89 Å². The van der Waals surface area contributed by atoms with Gasteiger partial charge in [0.05, 0.1) is 6.04 Å². The fraction of sp³-hybridized carbons (Fsp3) is 0.800. The third-order valence-corrected chi connectivity index (χ3v) is 2.86. The topological polar surface area (TPSA) is 54.2 Å². The van der Waals surface area contributed by atoms with Gasteiger partial charge < -0.3 is 14.6 Å². The molecular weight excluding hydrogens is 192 g/mol. The zero-order valence-electron chi connectivity index (χ0n) is 9.36. The van der Waals surface area contributed by atoms with Crippen molar-refractivity contribution in [1.29, 1.82) is 0 Å². The lowest BCUT2D eigenvalue weighted by molar-refractivity contribution is 0.420. The van der Waals surface area contributed by atoms with Crippen molar-refractivity contribution in [1.82, 2.24) is 15.5 Å². The lowest BCUT2D eigenvalue weighted by Gasteiger charge is -2.24. The molecule has 0 radical (unpaired) electrons. The Morgan fingerprint density at radius 1 is 1.27 bits per heavy atom. The average Bonchev–Trinajstić information content (AvgIpc) is 2.78. The van der Waals surface area contributed by atoms with Crippen LogP contribution in [0, 0.1) is 0 Å². The zero-order valence-corrected chi connectivity index (χ0v) is 9.36. The Balaban J connectivity index is 2.05. The van der Waals surface area contributed by atoms with Crippen molar-refractivity contribution in [3.05, 3.63) is 5.89 Å². The van der Waals surface area contributed by atoms with E-state index in [1.807, 2.05) is 14.0 Å². The standard InChI is InChI=1S/C10H18N4O/c1-8(11-2)9-12-13-10(15-9)14-6-4-3-5-7-14/h8,11H,3-7H2,1-2H3. The number of rotatable bonds is 3. The van der Waals surface area contributed by atoms with Crippen LogP contribution in [0.25, 0.3) is 0 Å². The van der Waals surface area contributed by atoms with Gasteiger partial charge in [-0.2, -0.15) is 0 Å². The molecule has 0 bridgehead atoms. The summed E-state index contributed by atoms with van der Waals surface area (Å²) in [6.45, 7) is 4.08. The summed E-state index contributed by atoms with van der Waals surface area (Å²) < 4.78 is 5.62. The van der Waals surface area contributed by atoms with Crippen molar-refractivity contribution >= 4 is 6.01 Å². The maximum absolute atomic E-state index is 5.62. The van der Waals surface area contributed by atoms with E-state index in [9.17, 15) is 0 Å². The zero-order chi connectivity index (χ0) is 10.7. The number of piperidine rings is 1. The Morgan fingerprint density at radius 3 is 2.67 bits per heavy atom. The summed E-state index contributed by atoms with van der Waals surface area (Å²) in [5, 5.41) is 11.2. The quantitative estimate of drug-likeness (QED) is 0.816. The molecule has 15 heavy (non-hydrogen) atoms. The average molecular weight is 210 g/mol. The molecule has 1 aliphatic heterocycles. The monoisotopic (exact) mass is 210 g/mol. The van der Waals surface area contributed by atoms with E-state index in [1.165, 1.54) is 19.3 Å². The first-order valence-electron chi connectivity index (χ1n) is 5.57. The second-order valence-electron chi connectivity index (χ2n) is 3.98. The molecule has 5 heteroatoms. The Morgan fingerprint density at radius 2 is 2.00 bits per heavy atom. The molecule has 0 spiro atoms. The Bertz CT molecular complexity index is 306. The maximum atomic E-state index is 5.62. The molecule has 0 aliphatic carbocycles. The van der Waals surface area contributed by atoms with Gasteiger partial charge in [-0.3, -0.25) is 0 Å². The van der Waals surface area contributed by atoms with E-state index in [0.29, 0.717) is 11.9 Å². The molecule has 1 aromatic rings. The molecule has 1 saturated heterocycles. The summed E-state index contributed by atoms with van der Waals surface area (Å²) >= 11 is 0. The van der Waals surface area contributed by atoms with Crippen molar-refractivity contribution in [3.8, 4) is 0 Å². The van der Waals surface area contributed by atoms with Crippen LogP contribution in [0.1, 0.15) is 38.1 Å². The Kier molecular flexibility index (Phi) is 3.20. The van der Waals surface area contributed by atoms with Crippen LogP contribution in [0.15, 0.2) is 4.42 Å². The highest BCUT2D eigenvalue weighted by Crippen LogP contribution is 2.20. The summed E-state index contributed by atoms with van der Waals surface area (Å²) in [6.07, 6.45) is 3.75. The normalized spacial score (nSPS) is 19.2. The SMILES string of the molecule is CNC(C)c1nnc(N2CCCCC2)o1. The molecule has 1 unspecified atom stereocenters. The highest BCUT2D eigenvalue weighted by molar-refractivity contribution is 5.24. The summed E-state index contributed by atoms with van der Waals surface area (Å²) in [7, 11) is 1.88. The summed E-state index contributed by atoms with van der Waals surface area (Å²) in [5.74, 6) is 0.665. The molecule has 84 valence electrons. The van der Waals surface area contributed by atoms with Gasteiger partial charge in [0, 0.05) is 13.1 Å². The van der Waals surface area contributed by atoms with Gasteiger partial charge in [0.25, 0.3) is 0 Å². The molecule has 1 N–H and O–H groups in total. The minimum Gasteiger partial charge on any atom is -0.406 e. The second-order valence-corrected chi connectivity index (χ2v) is 3.98. The molecule has 1 aliphatic rings. The molecule has 2 rings (SSSR count). The van der Waals surface area contributed by atoms with Gasteiger partial charge in [-0.05, 0) is 33.2 Å². The highest BCUT2D eigenvalue weighted by atomic mass is 16.4. The van der Waals surface area contributed by atoms with Gasteiger partial charge in [0.1, 0.15) is 0 Å². The first-order valence-corrected chi connectivity index (χ1v) is 5.57.